The van der Waals surface area contributed by atoms with Crippen molar-refractivity contribution in [3.63, 3.8) is 0 Å². The lowest BCUT2D eigenvalue weighted by atomic mass is 10.3. The molecule has 0 aromatic carbocycles. The van der Waals surface area contributed by atoms with E-state index >= 15 is 0 Å². The second-order valence-electron chi connectivity index (χ2n) is 3.33. The molecule has 0 aromatic heterocycles. The van der Waals surface area contributed by atoms with E-state index in [0.29, 0.717) is 13.0 Å². The molecule has 0 radical (unpaired) electrons. The number of carbonyl (C=O) groups excluding carboxylic acids is 1. The number of nitrogens with zero attached hydrogens (tertiary/aromatic N) is 1. The summed E-state index contributed by atoms with van der Waals surface area (Å²) in [6, 6.07) is -0.0688. The predicted octanol–water partition coefficient (Wildman–Crippen LogP) is 0.610. The number of hydrogen-bond donors (Lipinski definition) is 2. The minimum Gasteiger partial charge on any atom is -0.481 e. The first-order chi connectivity index (χ1) is 7.20. The number of carbonyl (C=O) groups is 2. The number of carboxylic acid groups (broad SMARTS) is 1. The molecule has 0 unspecified atom stereocenters. The van der Waals surface area contributed by atoms with Crippen LogP contribution in [0.15, 0.2) is 0 Å². The third-order valence-corrected chi connectivity index (χ3v) is 3.08. The van der Waals surface area contributed by atoms with Crippen molar-refractivity contribution in [3.8, 4) is 0 Å². The first kappa shape index (κ1) is 12.2. The van der Waals surface area contributed by atoms with Gasteiger partial charge in [0, 0.05) is 37.6 Å². The molecular formula is C9H16N2O3S. The van der Waals surface area contributed by atoms with Crippen molar-refractivity contribution >= 4 is 23.8 Å². The van der Waals surface area contributed by atoms with Crippen molar-refractivity contribution < 1.29 is 14.7 Å². The number of rotatable bonds is 4. The van der Waals surface area contributed by atoms with Crippen LogP contribution >= 0.6 is 11.8 Å². The number of thioether (sulfide) groups is 1. The summed E-state index contributed by atoms with van der Waals surface area (Å²) >= 11 is 1.85. The maximum atomic E-state index is 11.5. The number of hydrogen-bond acceptors (Lipinski definition) is 3. The topological polar surface area (TPSA) is 69.6 Å². The molecule has 1 fully saturated rings. The van der Waals surface area contributed by atoms with Gasteiger partial charge in [-0.3, -0.25) is 4.79 Å². The Kier molecular flexibility index (Phi) is 5.31. The molecule has 0 spiro atoms. The standard InChI is InChI=1S/C9H16N2O3S/c12-8(13)2-1-3-10-9(14)11-4-6-15-7-5-11/h1-7H2,(H,10,14)(H,12,13). The molecule has 1 heterocycles. The SMILES string of the molecule is O=C(O)CCCNC(=O)N1CCSCC1. The molecule has 0 bridgehead atoms. The van der Waals surface area contributed by atoms with E-state index < -0.39 is 5.97 Å². The Labute approximate surface area is 93.2 Å². The van der Waals surface area contributed by atoms with E-state index in [0.717, 1.165) is 24.6 Å². The molecule has 1 rings (SSSR count). The second-order valence-corrected chi connectivity index (χ2v) is 4.55. The van der Waals surface area contributed by atoms with Crippen LogP contribution in [-0.2, 0) is 4.79 Å². The van der Waals surface area contributed by atoms with Gasteiger partial charge >= 0.3 is 12.0 Å². The van der Waals surface area contributed by atoms with E-state index in [1.54, 1.807) is 4.90 Å². The van der Waals surface area contributed by atoms with Gasteiger partial charge in [-0.05, 0) is 6.42 Å². The minimum absolute atomic E-state index is 0.0688. The monoisotopic (exact) mass is 232 g/mol. The third-order valence-electron chi connectivity index (χ3n) is 2.14. The Morgan fingerprint density at radius 3 is 2.60 bits per heavy atom. The van der Waals surface area contributed by atoms with Crippen LogP contribution in [0.25, 0.3) is 0 Å². The molecule has 0 atom stereocenters. The van der Waals surface area contributed by atoms with Gasteiger partial charge in [-0.1, -0.05) is 0 Å². The van der Waals surface area contributed by atoms with Crippen LogP contribution in [0.2, 0.25) is 0 Å². The Hall–Kier alpha value is -0.910. The Morgan fingerprint density at radius 2 is 2.00 bits per heavy atom. The van der Waals surface area contributed by atoms with E-state index in [4.69, 9.17) is 5.11 Å². The van der Waals surface area contributed by atoms with Crippen LogP contribution in [-0.4, -0.2) is 53.1 Å². The molecule has 1 aliphatic rings. The zero-order chi connectivity index (χ0) is 11.1. The van der Waals surface area contributed by atoms with Gasteiger partial charge in [-0.25, -0.2) is 4.79 Å². The molecule has 5 nitrogen and oxygen atoms in total. The number of aliphatic carboxylic acids is 1. The smallest absolute Gasteiger partial charge is 0.317 e. The summed E-state index contributed by atoms with van der Waals surface area (Å²) in [6.45, 7) is 2.01. The zero-order valence-corrected chi connectivity index (χ0v) is 9.39. The van der Waals surface area contributed by atoms with Crippen molar-refractivity contribution in [2.75, 3.05) is 31.1 Å². The van der Waals surface area contributed by atoms with Crippen molar-refractivity contribution in [3.05, 3.63) is 0 Å². The third kappa shape index (κ3) is 4.92. The van der Waals surface area contributed by atoms with Gasteiger partial charge in [0.25, 0.3) is 0 Å². The predicted molar refractivity (Wildman–Crippen MR) is 59.2 cm³/mol. The molecule has 6 heteroatoms. The Bertz CT molecular complexity index is 229. The summed E-state index contributed by atoms with van der Waals surface area (Å²) in [5.74, 6) is 1.16. The van der Waals surface area contributed by atoms with E-state index in [1.807, 2.05) is 11.8 Å². The van der Waals surface area contributed by atoms with Crippen LogP contribution in [0.1, 0.15) is 12.8 Å². The normalized spacial score (nSPS) is 16.1. The van der Waals surface area contributed by atoms with Crippen LogP contribution < -0.4 is 5.32 Å². The average molecular weight is 232 g/mol. The van der Waals surface area contributed by atoms with Crippen LogP contribution in [0.4, 0.5) is 4.79 Å². The van der Waals surface area contributed by atoms with Gasteiger partial charge in [-0.15, -0.1) is 0 Å². The van der Waals surface area contributed by atoms with E-state index in [2.05, 4.69) is 5.32 Å². The molecule has 1 saturated heterocycles. The summed E-state index contributed by atoms with van der Waals surface area (Å²) in [6.07, 6.45) is 0.597. The van der Waals surface area contributed by atoms with Crippen LogP contribution in [0.5, 0.6) is 0 Å². The molecule has 86 valence electrons. The molecule has 0 aromatic rings. The first-order valence-electron chi connectivity index (χ1n) is 5.02. The largest absolute Gasteiger partial charge is 0.481 e. The maximum Gasteiger partial charge on any atom is 0.317 e. The number of urea groups is 1. The van der Waals surface area contributed by atoms with E-state index in [-0.39, 0.29) is 12.5 Å². The van der Waals surface area contributed by atoms with Gasteiger partial charge < -0.3 is 15.3 Å². The highest BCUT2D eigenvalue weighted by molar-refractivity contribution is 7.99. The number of carboxylic acids is 1. The number of nitrogens with one attached hydrogen (secondary N) is 1. The zero-order valence-electron chi connectivity index (χ0n) is 8.57. The molecule has 0 saturated carbocycles. The minimum atomic E-state index is -0.821. The molecule has 2 N–H and O–H groups in total. The lowest BCUT2D eigenvalue weighted by molar-refractivity contribution is -0.137. The van der Waals surface area contributed by atoms with Crippen molar-refractivity contribution in [1.29, 1.82) is 0 Å². The molecule has 2 amide bonds. The van der Waals surface area contributed by atoms with Crippen LogP contribution in [0, 0.1) is 0 Å². The summed E-state index contributed by atoms with van der Waals surface area (Å²) in [7, 11) is 0. The fourth-order valence-electron chi connectivity index (χ4n) is 1.31. The molecule has 15 heavy (non-hydrogen) atoms. The fourth-order valence-corrected chi connectivity index (χ4v) is 2.22. The Morgan fingerprint density at radius 1 is 1.33 bits per heavy atom. The molecule has 1 aliphatic heterocycles. The summed E-state index contributed by atoms with van der Waals surface area (Å²) in [5.41, 5.74) is 0. The van der Waals surface area contributed by atoms with Gasteiger partial charge in [-0.2, -0.15) is 11.8 Å². The van der Waals surface area contributed by atoms with Gasteiger partial charge in [0.2, 0.25) is 0 Å². The summed E-state index contributed by atoms with van der Waals surface area (Å²) < 4.78 is 0. The highest BCUT2D eigenvalue weighted by Crippen LogP contribution is 2.08. The fraction of sp³-hybridized carbons (Fsp3) is 0.778. The van der Waals surface area contributed by atoms with E-state index in [9.17, 15) is 9.59 Å². The second kappa shape index (κ2) is 6.55. The highest BCUT2D eigenvalue weighted by atomic mass is 32.2. The van der Waals surface area contributed by atoms with Gasteiger partial charge in [0.05, 0.1) is 0 Å². The van der Waals surface area contributed by atoms with Crippen molar-refractivity contribution in [1.82, 2.24) is 10.2 Å². The maximum absolute atomic E-state index is 11.5. The van der Waals surface area contributed by atoms with Gasteiger partial charge in [0.1, 0.15) is 0 Å². The van der Waals surface area contributed by atoms with E-state index in [1.165, 1.54) is 0 Å². The quantitative estimate of drug-likeness (QED) is 0.697. The first-order valence-corrected chi connectivity index (χ1v) is 6.18. The van der Waals surface area contributed by atoms with Crippen molar-refractivity contribution in [2.45, 2.75) is 12.8 Å². The lowest BCUT2D eigenvalue weighted by Gasteiger charge is -2.26. The molecular weight excluding hydrogens is 216 g/mol. The summed E-state index contributed by atoms with van der Waals surface area (Å²) in [4.78, 5) is 23.5. The Balaban J connectivity index is 2.09. The van der Waals surface area contributed by atoms with Gasteiger partial charge in [0.15, 0.2) is 0 Å². The number of amides is 2. The van der Waals surface area contributed by atoms with Crippen LogP contribution in [0.3, 0.4) is 0 Å². The lowest BCUT2D eigenvalue weighted by Crippen LogP contribution is -2.44. The molecule has 0 aliphatic carbocycles. The highest BCUT2D eigenvalue weighted by Gasteiger charge is 2.15. The summed E-state index contributed by atoms with van der Waals surface area (Å²) in [5, 5.41) is 11.1. The average Bonchev–Trinajstić information content (AvgIpc) is 2.25. The van der Waals surface area contributed by atoms with Crippen molar-refractivity contribution in [2.24, 2.45) is 0 Å².